The molecule has 1 aromatic rings. The minimum Gasteiger partial charge on any atom is -0.396 e. The molecule has 0 radical (unpaired) electrons. The molecule has 0 atom stereocenters. The van der Waals surface area contributed by atoms with Gasteiger partial charge in [0.05, 0.1) is 5.69 Å². The fraction of sp³-hybridized carbons (Fsp3) is 0.667. The number of amides is 1. The summed E-state index contributed by atoms with van der Waals surface area (Å²) in [6, 6.07) is 1.81. The Balaban J connectivity index is 2.77. The highest BCUT2D eigenvalue weighted by Crippen LogP contribution is 2.21. The Morgan fingerprint density at radius 3 is 2.65 bits per heavy atom. The molecule has 5 heteroatoms. The SMILES string of the molecule is Cn1nc(C(C)(C)C)cc1C(=O)NCCCO. The van der Waals surface area contributed by atoms with Crippen LogP contribution >= 0.6 is 0 Å². The van der Waals surface area contributed by atoms with Crippen molar-refractivity contribution in [2.75, 3.05) is 13.2 Å². The molecule has 0 unspecified atom stereocenters. The first-order valence-corrected chi connectivity index (χ1v) is 5.80. The highest BCUT2D eigenvalue weighted by molar-refractivity contribution is 5.92. The maximum Gasteiger partial charge on any atom is 0.269 e. The van der Waals surface area contributed by atoms with Crippen LogP contribution in [0.1, 0.15) is 43.4 Å². The van der Waals surface area contributed by atoms with Gasteiger partial charge in [-0.05, 0) is 12.5 Å². The van der Waals surface area contributed by atoms with E-state index in [2.05, 4.69) is 31.2 Å². The van der Waals surface area contributed by atoms with Crippen LogP contribution in [-0.4, -0.2) is 33.9 Å². The zero-order valence-electron chi connectivity index (χ0n) is 10.9. The van der Waals surface area contributed by atoms with E-state index in [9.17, 15) is 4.79 Å². The zero-order valence-corrected chi connectivity index (χ0v) is 10.9. The van der Waals surface area contributed by atoms with Crippen LogP contribution in [0.25, 0.3) is 0 Å². The number of aryl methyl sites for hydroxylation is 1. The third-order valence-electron chi connectivity index (χ3n) is 2.50. The summed E-state index contributed by atoms with van der Waals surface area (Å²) in [5.74, 6) is -0.149. The van der Waals surface area contributed by atoms with E-state index in [4.69, 9.17) is 5.11 Å². The van der Waals surface area contributed by atoms with Crippen molar-refractivity contribution in [1.82, 2.24) is 15.1 Å². The highest BCUT2D eigenvalue weighted by atomic mass is 16.3. The lowest BCUT2D eigenvalue weighted by Crippen LogP contribution is -2.26. The summed E-state index contributed by atoms with van der Waals surface area (Å²) in [4.78, 5) is 11.8. The van der Waals surface area contributed by atoms with Gasteiger partial charge >= 0.3 is 0 Å². The summed E-state index contributed by atoms with van der Waals surface area (Å²) < 4.78 is 1.59. The molecule has 1 heterocycles. The Labute approximate surface area is 102 Å². The summed E-state index contributed by atoms with van der Waals surface area (Å²) in [5.41, 5.74) is 1.38. The number of aliphatic hydroxyl groups is 1. The van der Waals surface area contributed by atoms with Crippen LogP contribution in [0, 0.1) is 0 Å². The molecule has 1 aromatic heterocycles. The van der Waals surface area contributed by atoms with Crippen molar-refractivity contribution in [3.8, 4) is 0 Å². The highest BCUT2D eigenvalue weighted by Gasteiger charge is 2.21. The first kappa shape index (κ1) is 13.7. The number of nitrogens with one attached hydrogen (secondary N) is 1. The molecule has 2 N–H and O–H groups in total. The van der Waals surface area contributed by atoms with E-state index in [1.54, 1.807) is 11.7 Å². The molecule has 0 aliphatic carbocycles. The molecule has 17 heavy (non-hydrogen) atoms. The van der Waals surface area contributed by atoms with Gasteiger partial charge in [0.1, 0.15) is 5.69 Å². The fourth-order valence-electron chi connectivity index (χ4n) is 1.42. The van der Waals surface area contributed by atoms with Crippen LogP contribution in [0.2, 0.25) is 0 Å². The molecule has 0 saturated carbocycles. The molecule has 0 bridgehead atoms. The molecule has 0 aliphatic heterocycles. The molecule has 0 aliphatic rings. The van der Waals surface area contributed by atoms with Gasteiger partial charge in [-0.1, -0.05) is 20.8 Å². The second kappa shape index (κ2) is 5.31. The van der Waals surface area contributed by atoms with Crippen molar-refractivity contribution in [3.05, 3.63) is 17.5 Å². The van der Waals surface area contributed by atoms with Crippen LogP contribution in [0.5, 0.6) is 0 Å². The van der Waals surface area contributed by atoms with E-state index < -0.39 is 0 Å². The topological polar surface area (TPSA) is 67.2 Å². The standard InChI is InChI=1S/C12H21N3O2/c1-12(2,3)10-8-9(15(4)14-10)11(17)13-6-5-7-16/h8,16H,5-7H2,1-4H3,(H,13,17). The number of rotatable bonds is 4. The second-order valence-corrected chi connectivity index (χ2v) is 5.12. The summed E-state index contributed by atoms with van der Waals surface area (Å²) in [6.45, 7) is 6.73. The van der Waals surface area contributed by atoms with Crippen molar-refractivity contribution in [2.24, 2.45) is 7.05 Å². The van der Waals surface area contributed by atoms with Gasteiger partial charge in [0.15, 0.2) is 0 Å². The molecule has 1 amide bonds. The normalized spacial score (nSPS) is 11.6. The predicted octanol–water partition coefficient (Wildman–Crippen LogP) is 0.830. The number of hydrogen-bond donors (Lipinski definition) is 2. The number of aromatic nitrogens is 2. The number of carbonyl (C=O) groups excluding carboxylic acids is 1. The Kier molecular flexibility index (Phi) is 4.28. The van der Waals surface area contributed by atoms with Gasteiger partial charge in [0.25, 0.3) is 5.91 Å². The molecule has 0 spiro atoms. The first-order chi connectivity index (χ1) is 7.86. The lowest BCUT2D eigenvalue weighted by molar-refractivity contribution is 0.0942. The van der Waals surface area contributed by atoms with Crippen molar-refractivity contribution in [3.63, 3.8) is 0 Å². The molecule has 1 rings (SSSR count). The fourth-order valence-corrected chi connectivity index (χ4v) is 1.42. The van der Waals surface area contributed by atoms with E-state index in [0.29, 0.717) is 18.7 Å². The molecule has 0 saturated heterocycles. The average Bonchev–Trinajstić information content (AvgIpc) is 2.60. The van der Waals surface area contributed by atoms with E-state index in [1.807, 2.05) is 6.07 Å². The van der Waals surface area contributed by atoms with E-state index in [0.717, 1.165) is 5.69 Å². The van der Waals surface area contributed by atoms with Crippen LogP contribution in [0.15, 0.2) is 6.07 Å². The number of hydrogen-bond acceptors (Lipinski definition) is 3. The van der Waals surface area contributed by atoms with Gasteiger partial charge in [0.2, 0.25) is 0 Å². The van der Waals surface area contributed by atoms with Crippen LogP contribution in [0.3, 0.4) is 0 Å². The maximum atomic E-state index is 11.8. The van der Waals surface area contributed by atoms with Gasteiger partial charge in [-0.2, -0.15) is 5.10 Å². The molecular formula is C12H21N3O2. The van der Waals surface area contributed by atoms with Crippen molar-refractivity contribution in [1.29, 1.82) is 0 Å². The van der Waals surface area contributed by atoms with Gasteiger partial charge in [-0.15, -0.1) is 0 Å². The third-order valence-corrected chi connectivity index (χ3v) is 2.50. The Bertz CT molecular complexity index is 391. The minimum atomic E-state index is -0.149. The lowest BCUT2D eigenvalue weighted by atomic mass is 9.92. The van der Waals surface area contributed by atoms with E-state index in [-0.39, 0.29) is 17.9 Å². The van der Waals surface area contributed by atoms with Crippen molar-refractivity contribution in [2.45, 2.75) is 32.6 Å². The monoisotopic (exact) mass is 239 g/mol. The largest absolute Gasteiger partial charge is 0.396 e. The van der Waals surface area contributed by atoms with Gasteiger partial charge in [-0.25, -0.2) is 0 Å². The first-order valence-electron chi connectivity index (χ1n) is 5.80. The summed E-state index contributed by atoms with van der Waals surface area (Å²) >= 11 is 0. The quantitative estimate of drug-likeness (QED) is 0.765. The lowest BCUT2D eigenvalue weighted by Gasteiger charge is -2.13. The summed E-state index contributed by atoms with van der Waals surface area (Å²) in [7, 11) is 1.76. The van der Waals surface area contributed by atoms with Gasteiger partial charge < -0.3 is 10.4 Å². The molecular weight excluding hydrogens is 218 g/mol. The van der Waals surface area contributed by atoms with Crippen LogP contribution in [0.4, 0.5) is 0 Å². The summed E-state index contributed by atoms with van der Waals surface area (Å²) in [5, 5.41) is 15.7. The second-order valence-electron chi connectivity index (χ2n) is 5.12. The summed E-state index contributed by atoms with van der Waals surface area (Å²) in [6.07, 6.45) is 0.565. The average molecular weight is 239 g/mol. The minimum absolute atomic E-state index is 0.0681. The Hall–Kier alpha value is -1.36. The van der Waals surface area contributed by atoms with E-state index in [1.165, 1.54) is 0 Å². The van der Waals surface area contributed by atoms with Crippen molar-refractivity contribution < 1.29 is 9.90 Å². The Morgan fingerprint density at radius 2 is 2.18 bits per heavy atom. The number of carbonyl (C=O) groups is 1. The molecule has 5 nitrogen and oxygen atoms in total. The molecule has 96 valence electrons. The van der Waals surface area contributed by atoms with Crippen LogP contribution in [-0.2, 0) is 12.5 Å². The smallest absolute Gasteiger partial charge is 0.269 e. The Morgan fingerprint density at radius 1 is 1.53 bits per heavy atom. The maximum absolute atomic E-state index is 11.8. The van der Waals surface area contributed by atoms with E-state index >= 15 is 0 Å². The zero-order chi connectivity index (χ0) is 13.1. The van der Waals surface area contributed by atoms with Crippen LogP contribution < -0.4 is 5.32 Å². The van der Waals surface area contributed by atoms with Gasteiger partial charge in [-0.3, -0.25) is 9.48 Å². The van der Waals surface area contributed by atoms with Crippen molar-refractivity contribution >= 4 is 5.91 Å². The van der Waals surface area contributed by atoms with Gasteiger partial charge in [0, 0.05) is 25.6 Å². The molecule has 0 fully saturated rings. The number of nitrogens with zero attached hydrogens (tertiary/aromatic N) is 2. The third kappa shape index (κ3) is 3.56. The number of aliphatic hydroxyl groups excluding tert-OH is 1. The predicted molar refractivity (Wildman–Crippen MR) is 65.9 cm³/mol. The molecule has 0 aromatic carbocycles.